The minimum Gasteiger partial charge on any atom is -0.379 e. The number of thiocarbonyl (C=S) groups is 1. The first-order valence-corrected chi connectivity index (χ1v) is 10.2. The van der Waals surface area contributed by atoms with Crippen LogP contribution >= 0.6 is 23.8 Å². The molecule has 0 radical (unpaired) electrons. The number of quaternary nitrogens is 1. The van der Waals surface area contributed by atoms with E-state index >= 15 is 0 Å². The summed E-state index contributed by atoms with van der Waals surface area (Å²) in [4.78, 5) is 1.48. The van der Waals surface area contributed by atoms with Crippen molar-refractivity contribution in [2.75, 3.05) is 58.8 Å². The molecule has 3 N–H and O–H groups in total. The zero-order chi connectivity index (χ0) is 18.4. The van der Waals surface area contributed by atoms with Gasteiger partial charge in [0.2, 0.25) is 10.0 Å². The normalized spacial score (nSPS) is 16.0. The highest BCUT2D eigenvalue weighted by Gasteiger charge is 2.26. The number of sulfonamides is 1. The maximum Gasteiger partial charge on any atom is 0.243 e. The van der Waals surface area contributed by atoms with Crippen LogP contribution in [0.25, 0.3) is 0 Å². The van der Waals surface area contributed by atoms with Crippen molar-refractivity contribution in [2.45, 2.75) is 4.90 Å². The molecule has 0 bridgehead atoms. The topological polar surface area (TPSA) is 75.1 Å². The van der Waals surface area contributed by atoms with Crippen LogP contribution in [-0.2, 0) is 14.8 Å². The van der Waals surface area contributed by atoms with E-state index in [1.165, 1.54) is 21.3 Å². The van der Waals surface area contributed by atoms with Gasteiger partial charge < -0.3 is 20.3 Å². The molecule has 1 aromatic rings. The number of nitrogens with one attached hydrogen (secondary N) is 3. The lowest BCUT2D eigenvalue weighted by molar-refractivity contribution is -0.856. The Morgan fingerprint density at radius 2 is 2.04 bits per heavy atom. The SMILES string of the molecule is C[NH+](C)CCNC(=S)Nc1cc(S(=O)(=O)N2CCOCC2)ccc1Cl. The second-order valence-electron chi connectivity index (χ2n) is 6.00. The maximum atomic E-state index is 12.7. The van der Waals surface area contributed by atoms with Crippen LogP contribution < -0.4 is 15.5 Å². The summed E-state index contributed by atoms with van der Waals surface area (Å²) >= 11 is 11.4. The predicted octanol–water partition coefficient (Wildman–Crippen LogP) is -0.208. The summed E-state index contributed by atoms with van der Waals surface area (Å²) in [5, 5.41) is 6.86. The number of anilines is 1. The van der Waals surface area contributed by atoms with Gasteiger partial charge in [0, 0.05) is 13.1 Å². The third-order valence-electron chi connectivity index (χ3n) is 3.70. The average Bonchev–Trinajstić information content (AvgIpc) is 2.57. The van der Waals surface area contributed by atoms with E-state index in [9.17, 15) is 8.42 Å². The molecule has 0 aromatic heterocycles. The van der Waals surface area contributed by atoms with E-state index in [-0.39, 0.29) is 4.90 Å². The number of halogens is 1. The van der Waals surface area contributed by atoms with Crippen LogP contribution in [0.15, 0.2) is 23.1 Å². The minimum atomic E-state index is -3.58. The molecule has 10 heteroatoms. The molecule has 0 amide bonds. The maximum absolute atomic E-state index is 12.7. The lowest BCUT2D eigenvalue weighted by atomic mass is 10.3. The molecule has 1 saturated heterocycles. The molecule has 2 rings (SSSR count). The van der Waals surface area contributed by atoms with Gasteiger partial charge in [0.05, 0.1) is 56.0 Å². The van der Waals surface area contributed by atoms with E-state index in [2.05, 4.69) is 24.7 Å². The number of rotatable bonds is 6. The highest BCUT2D eigenvalue weighted by Crippen LogP contribution is 2.27. The second kappa shape index (κ2) is 9.11. The average molecular weight is 408 g/mol. The van der Waals surface area contributed by atoms with Gasteiger partial charge in [0.15, 0.2) is 5.11 Å². The molecule has 0 spiro atoms. The number of benzene rings is 1. The molecule has 0 unspecified atom stereocenters. The summed E-state index contributed by atoms with van der Waals surface area (Å²) in [6, 6.07) is 4.58. The monoisotopic (exact) mass is 407 g/mol. The van der Waals surface area contributed by atoms with E-state index in [4.69, 9.17) is 28.6 Å². The Kier molecular flexibility index (Phi) is 7.41. The lowest BCUT2D eigenvalue weighted by Crippen LogP contribution is -3.06. The number of nitrogens with zero attached hydrogens (tertiary/aromatic N) is 1. The third kappa shape index (κ3) is 5.77. The standard InChI is InChI=1S/C15H23ClN4O3S2/c1-19(2)6-5-17-15(24)18-14-11-12(3-4-13(14)16)25(21,22)20-7-9-23-10-8-20/h3-4,11H,5-10H2,1-2H3,(H2,17,18,24)/p+1. The predicted molar refractivity (Wildman–Crippen MR) is 103 cm³/mol. The summed E-state index contributed by atoms with van der Waals surface area (Å²) < 4.78 is 32.1. The molecule has 0 atom stereocenters. The molecule has 1 aliphatic rings. The highest BCUT2D eigenvalue weighted by atomic mass is 35.5. The van der Waals surface area contributed by atoms with Gasteiger partial charge in [-0.25, -0.2) is 8.42 Å². The van der Waals surface area contributed by atoms with Crippen molar-refractivity contribution in [1.29, 1.82) is 0 Å². The Bertz CT molecular complexity index is 707. The zero-order valence-corrected chi connectivity index (χ0v) is 16.7. The van der Waals surface area contributed by atoms with Gasteiger partial charge in [0.1, 0.15) is 0 Å². The number of hydrogen-bond donors (Lipinski definition) is 3. The Balaban J connectivity index is 2.10. The fourth-order valence-electron chi connectivity index (χ4n) is 2.29. The summed E-state index contributed by atoms with van der Waals surface area (Å²) in [7, 11) is 0.524. The van der Waals surface area contributed by atoms with Crippen molar-refractivity contribution in [2.24, 2.45) is 0 Å². The second-order valence-corrected chi connectivity index (χ2v) is 8.75. The van der Waals surface area contributed by atoms with Crippen molar-refractivity contribution >= 4 is 44.6 Å². The summed E-state index contributed by atoms with van der Waals surface area (Å²) in [5.41, 5.74) is 0.464. The van der Waals surface area contributed by atoms with E-state index in [1.54, 1.807) is 6.07 Å². The van der Waals surface area contributed by atoms with Gasteiger partial charge in [-0.1, -0.05) is 11.6 Å². The summed E-state index contributed by atoms with van der Waals surface area (Å²) in [6.07, 6.45) is 0. The number of ether oxygens (including phenoxy) is 1. The number of hydrogen-bond acceptors (Lipinski definition) is 4. The Labute approximate surface area is 159 Å². The lowest BCUT2D eigenvalue weighted by Gasteiger charge is -2.26. The molecule has 7 nitrogen and oxygen atoms in total. The fourth-order valence-corrected chi connectivity index (χ4v) is 4.10. The first kappa shape index (κ1) is 20.3. The molecule has 1 aromatic carbocycles. The van der Waals surface area contributed by atoms with E-state index in [0.717, 1.165) is 6.54 Å². The molecule has 1 heterocycles. The van der Waals surface area contributed by atoms with Gasteiger partial charge in [-0.3, -0.25) is 0 Å². The van der Waals surface area contributed by atoms with Gasteiger partial charge in [-0.15, -0.1) is 0 Å². The first-order chi connectivity index (χ1) is 11.8. The van der Waals surface area contributed by atoms with Crippen LogP contribution in [0.1, 0.15) is 0 Å². The Morgan fingerprint density at radius 3 is 2.68 bits per heavy atom. The molecule has 0 aliphatic carbocycles. The summed E-state index contributed by atoms with van der Waals surface area (Å²) in [5.74, 6) is 0. The molecule has 140 valence electrons. The smallest absolute Gasteiger partial charge is 0.243 e. The molecular formula is C15H24ClN4O3S2+. The molecule has 1 fully saturated rings. The number of likely N-dealkylation sites (N-methyl/N-ethyl adjacent to an activating group) is 1. The quantitative estimate of drug-likeness (QED) is 0.567. The van der Waals surface area contributed by atoms with Crippen LogP contribution in [0.2, 0.25) is 5.02 Å². The Morgan fingerprint density at radius 1 is 1.36 bits per heavy atom. The van der Waals surface area contributed by atoms with Gasteiger partial charge in [0.25, 0.3) is 0 Å². The van der Waals surface area contributed by atoms with Gasteiger partial charge in [-0.2, -0.15) is 4.31 Å². The van der Waals surface area contributed by atoms with Gasteiger partial charge in [-0.05, 0) is 30.4 Å². The van der Waals surface area contributed by atoms with E-state index in [1.807, 2.05) is 0 Å². The molecular weight excluding hydrogens is 384 g/mol. The fraction of sp³-hybridized carbons (Fsp3) is 0.533. The molecule has 25 heavy (non-hydrogen) atoms. The van der Waals surface area contributed by atoms with Crippen molar-refractivity contribution in [3.63, 3.8) is 0 Å². The van der Waals surface area contributed by atoms with Crippen molar-refractivity contribution in [3.05, 3.63) is 23.2 Å². The van der Waals surface area contributed by atoms with Crippen molar-refractivity contribution < 1.29 is 18.1 Å². The van der Waals surface area contributed by atoms with Crippen LogP contribution in [0.3, 0.4) is 0 Å². The Hall–Kier alpha value is -0.970. The van der Waals surface area contributed by atoms with E-state index < -0.39 is 10.0 Å². The van der Waals surface area contributed by atoms with Crippen LogP contribution in [-0.4, -0.2) is 71.3 Å². The molecule has 1 aliphatic heterocycles. The summed E-state index contributed by atoms with van der Waals surface area (Å²) in [6.45, 7) is 3.11. The number of morpholine rings is 1. The van der Waals surface area contributed by atoms with Crippen molar-refractivity contribution in [3.8, 4) is 0 Å². The van der Waals surface area contributed by atoms with Crippen LogP contribution in [0.4, 0.5) is 5.69 Å². The van der Waals surface area contributed by atoms with Crippen LogP contribution in [0.5, 0.6) is 0 Å². The third-order valence-corrected chi connectivity index (χ3v) is 6.18. The largest absolute Gasteiger partial charge is 0.379 e. The zero-order valence-electron chi connectivity index (χ0n) is 14.3. The van der Waals surface area contributed by atoms with Gasteiger partial charge >= 0.3 is 0 Å². The first-order valence-electron chi connectivity index (χ1n) is 8.02. The van der Waals surface area contributed by atoms with Crippen molar-refractivity contribution in [1.82, 2.24) is 9.62 Å². The highest BCUT2D eigenvalue weighted by molar-refractivity contribution is 7.89. The van der Waals surface area contributed by atoms with E-state index in [0.29, 0.717) is 48.7 Å². The molecule has 0 saturated carbocycles. The minimum absolute atomic E-state index is 0.182. The van der Waals surface area contributed by atoms with Crippen LogP contribution in [0, 0.1) is 0 Å².